The number of anilines is 2. The van der Waals surface area contributed by atoms with Gasteiger partial charge in [-0.25, -0.2) is 4.39 Å². The first kappa shape index (κ1) is 11.5. The van der Waals surface area contributed by atoms with E-state index in [4.69, 9.17) is 5.73 Å². The molecule has 0 aliphatic carbocycles. The van der Waals surface area contributed by atoms with Crippen molar-refractivity contribution < 1.29 is 9.18 Å². The second kappa shape index (κ2) is 4.46. The van der Waals surface area contributed by atoms with Crippen molar-refractivity contribution in [1.29, 1.82) is 0 Å². The second-order valence-electron chi connectivity index (χ2n) is 3.44. The summed E-state index contributed by atoms with van der Waals surface area (Å²) in [4.78, 5) is 11.8. The predicted octanol–water partition coefficient (Wildman–Crippen LogP) is 1.82. The number of halogens is 1. The van der Waals surface area contributed by atoms with Gasteiger partial charge in [0.2, 0.25) is 0 Å². The highest BCUT2D eigenvalue weighted by Crippen LogP contribution is 2.19. The van der Waals surface area contributed by atoms with E-state index in [0.29, 0.717) is 16.3 Å². The summed E-state index contributed by atoms with van der Waals surface area (Å²) >= 11 is 1.01. The van der Waals surface area contributed by atoms with Gasteiger partial charge in [-0.15, -0.1) is 5.10 Å². The SMILES string of the molecule is Cc1cc(N)cc(C(=O)Nc2cnns2)c1F. The lowest BCUT2D eigenvalue weighted by Gasteiger charge is -2.06. The Hall–Kier alpha value is -2.02. The van der Waals surface area contributed by atoms with Gasteiger partial charge in [0, 0.05) is 17.2 Å². The van der Waals surface area contributed by atoms with Gasteiger partial charge in [-0.3, -0.25) is 4.79 Å². The molecule has 0 spiro atoms. The molecule has 0 radical (unpaired) electrons. The summed E-state index contributed by atoms with van der Waals surface area (Å²) in [6, 6.07) is 2.77. The average Bonchev–Trinajstić information content (AvgIpc) is 2.76. The van der Waals surface area contributed by atoms with Crippen LogP contribution in [0.3, 0.4) is 0 Å². The molecule has 0 aliphatic rings. The van der Waals surface area contributed by atoms with Crippen LogP contribution < -0.4 is 11.1 Å². The highest BCUT2D eigenvalue weighted by Gasteiger charge is 2.15. The lowest BCUT2D eigenvalue weighted by atomic mass is 10.1. The molecule has 2 rings (SSSR count). The number of carbonyl (C=O) groups is 1. The minimum Gasteiger partial charge on any atom is -0.399 e. The van der Waals surface area contributed by atoms with E-state index in [1.807, 2.05) is 0 Å². The maximum Gasteiger partial charge on any atom is 0.259 e. The highest BCUT2D eigenvalue weighted by molar-refractivity contribution is 7.10. The Bertz CT molecular complexity index is 556. The molecule has 0 atom stereocenters. The fourth-order valence-electron chi connectivity index (χ4n) is 1.36. The lowest BCUT2D eigenvalue weighted by molar-refractivity contribution is 0.102. The molecule has 1 heterocycles. The first-order chi connectivity index (χ1) is 8.08. The molecule has 0 unspecified atom stereocenters. The summed E-state index contributed by atoms with van der Waals surface area (Å²) in [6.45, 7) is 1.55. The van der Waals surface area contributed by atoms with Crippen molar-refractivity contribution in [3.63, 3.8) is 0 Å². The van der Waals surface area contributed by atoms with Gasteiger partial charge in [0.05, 0.1) is 11.8 Å². The van der Waals surface area contributed by atoms with E-state index in [-0.39, 0.29) is 5.56 Å². The molecule has 7 heteroatoms. The number of aromatic nitrogens is 2. The Kier molecular flexibility index (Phi) is 3.01. The van der Waals surface area contributed by atoms with E-state index in [1.54, 1.807) is 6.92 Å². The zero-order chi connectivity index (χ0) is 12.4. The van der Waals surface area contributed by atoms with Crippen molar-refractivity contribution in [3.8, 4) is 0 Å². The summed E-state index contributed by atoms with van der Waals surface area (Å²) in [5.74, 6) is -1.14. The lowest BCUT2D eigenvalue weighted by Crippen LogP contribution is -2.14. The number of rotatable bonds is 2. The number of nitrogens with two attached hydrogens (primary N) is 1. The van der Waals surface area contributed by atoms with Gasteiger partial charge < -0.3 is 11.1 Å². The van der Waals surface area contributed by atoms with E-state index >= 15 is 0 Å². The third-order valence-corrected chi connectivity index (χ3v) is 2.70. The molecule has 88 valence electrons. The molecular formula is C10H9FN4OS. The zero-order valence-electron chi connectivity index (χ0n) is 8.90. The molecule has 1 aromatic carbocycles. The molecule has 0 fully saturated rings. The van der Waals surface area contributed by atoms with Crippen molar-refractivity contribution in [1.82, 2.24) is 9.59 Å². The quantitative estimate of drug-likeness (QED) is 0.799. The molecule has 0 saturated carbocycles. The number of hydrogen-bond acceptors (Lipinski definition) is 5. The van der Waals surface area contributed by atoms with Gasteiger partial charge in [-0.05, 0) is 24.6 Å². The fraction of sp³-hybridized carbons (Fsp3) is 0.100. The molecule has 17 heavy (non-hydrogen) atoms. The molecular weight excluding hydrogens is 243 g/mol. The van der Waals surface area contributed by atoms with Gasteiger partial charge in [0.25, 0.3) is 5.91 Å². The predicted molar refractivity (Wildman–Crippen MR) is 63.4 cm³/mol. The van der Waals surface area contributed by atoms with Crippen molar-refractivity contribution in [2.75, 3.05) is 11.1 Å². The molecule has 1 aromatic heterocycles. The van der Waals surface area contributed by atoms with Crippen LogP contribution in [0.4, 0.5) is 15.1 Å². The Morgan fingerprint density at radius 2 is 2.29 bits per heavy atom. The molecule has 2 aromatic rings. The topological polar surface area (TPSA) is 80.9 Å². The monoisotopic (exact) mass is 252 g/mol. The van der Waals surface area contributed by atoms with Crippen molar-refractivity contribution in [3.05, 3.63) is 35.3 Å². The molecule has 0 bridgehead atoms. The van der Waals surface area contributed by atoms with Crippen LogP contribution in [0.25, 0.3) is 0 Å². The number of amides is 1. The summed E-state index contributed by atoms with van der Waals surface area (Å²) in [5.41, 5.74) is 6.16. The fourth-order valence-corrected chi connectivity index (χ4v) is 1.78. The Morgan fingerprint density at radius 3 is 2.94 bits per heavy atom. The first-order valence-corrected chi connectivity index (χ1v) is 5.49. The first-order valence-electron chi connectivity index (χ1n) is 4.72. The van der Waals surface area contributed by atoms with E-state index in [9.17, 15) is 9.18 Å². The van der Waals surface area contributed by atoms with E-state index in [0.717, 1.165) is 11.5 Å². The maximum absolute atomic E-state index is 13.7. The van der Waals surface area contributed by atoms with Crippen LogP contribution in [0, 0.1) is 12.7 Å². The Balaban J connectivity index is 2.31. The smallest absolute Gasteiger partial charge is 0.259 e. The highest BCUT2D eigenvalue weighted by atomic mass is 32.1. The van der Waals surface area contributed by atoms with Crippen LogP contribution in [-0.2, 0) is 0 Å². The summed E-state index contributed by atoms with van der Waals surface area (Å²) < 4.78 is 17.3. The van der Waals surface area contributed by atoms with Crippen LogP contribution in [0.5, 0.6) is 0 Å². The Morgan fingerprint density at radius 1 is 1.53 bits per heavy atom. The summed E-state index contributed by atoms with van der Waals surface area (Å²) in [5, 5.41) is 6.51. The van der Waals surface area contributed by atoms with Gasteiger partial charge in [-0.2, -0.15) is 0 Å². The summed E-state index contributed by atoms with van der Waals surface area (Å²) in [7, 11) is 0. The molecule has 0 aliphatic heterocycles. The number of nitrogens with one attached hydrogen (secondary N) is 1. The van der Waals surface area contributed by atoms with Gasteiger partial charge in [0.15, 0.2) is 0 Å². The van der Waals surface area contributed by atoms with Crippen LogP contribution >= 0.6 is 11.5 Å². The van der Waals surface area contributed by atoms with Crippen molar-refractivity contribution in [2.24, 2.45) is 0 Å². The number of nitrogens with zero attached hydrogens (tertiary/aromatic N) is 2. The molecule has 5 nitrogen and oxygen atoms in total. The van der Waals surface area contributed by atoms with Gasteiger partial charge in [-0.1, -0.05) is 4.49 Å². The molecule has 3 N–H and O–H groups in total. The van der Waals surface area contributed by atoms with Crippen LogP contribution in [0.2, 0.25) is 0 Å². The third kappa shape index (κ3) is 2.39. The van der Waals surface area contributed by atoms with Crippen molar-refractivity contribution in [2.45, 2.75) is 6.92 Å². The van der Waals surface area contributed by atoms with Gasteiger partial charge in [0.1, 0.15) is 10.8 Å². The number of aryl methyl sites for hydroxylation is 1. The minimum atomic E-state index is -0.575. The van der Waals surface area contributed by atoms with Gasteiger partial charge >= 0.3 is 0 Å². The average molecular weight is 252 g/mol. The van der Waals surface area contributed by atoms with E-state index in [2.05, 4.69) is 14.9 Å². The molecule has 1 amide bonds. The van der Waals surface area contributed by atoms with E-state index in [1.165, 1.54) is 18.3 Å². The normalized spacial score (nSPS) is 10.2. The maximum atomic E-state index is 13.7. The second-order valence-corrected chi connectivity index (χ2v) is 4.22. The number of carbonyl (C=O) groups excluding carboxylic acids is 1. The molecule has 0 saturated heterocycles. The largest absolute Gasteiger partial charge is 0.399 e. The number of hydrogen-bond donors (Lipinski definition) is 2. The van der Waals surface area contributed by atoms with Crippen LogP contribution in [-0.4, -0.2) is 15.5 Å². The zero-order valence-corrected chi connectivity index (χ0v) is 9.71. The third-order valence-electron chi connectivity index (χ3n) is 2.12. The number of nitrogen functional groups attached to an aromatic ring is 1. The van der Waals surface area contributed by atoms with Crippen LogP contribution in [0.15, 0.2) is 18.3 Å². The number of benzene rings is 1. The van der Waals surface area contributed by atoms with E-state index < -0.39 is 11.7 Å². The standard InChI is InChI=1S/C10H9FN4OS/c1-5-2-6(12)3-7(9(5)11)10(16)14-8-4-13-15-17-8/h2-4H,12H2,1H3,(H,14,16). The van der Waals surface area contributed by atoms with Crippen molar-refractivity contribution >= 4 is 28.1 Å². The summed E-state index contributed by atoms with van der Waals surface area (Å²) in [6.07, 6.45) is 1.39. The minimum absolute atomic E-state index is 0.0871. The Labute approximate surface area is 101 Å². The van der Waals surface area contributed by atoms with Crippen LogP contribution in [0.1, 0.15) is 15.9 Å².